The van der Waals surface area contributed by atoms with Crippen molar-refractivity contribution >= 4 is 6.09 Å². The molecular weight excluding hydrogens is 118 g/mol. The molecule has 0 unspecified atom stereocenters. The molecule has 0 bridgehead atoms. The first-order valence-electron chi connectivity index (χ1n) is 3.01. The number of ether oxygens (including phenoxy) is 1. The summed E-state index contributed by atoms with van der Waals surface area (Å²) in [6, 6.07) is 0. The van der Waals surface area contributed by atoms with Crippen LogP contribution in [0.1, 0.15) is 19.8 Å². The van der Waals surface area contributed by atoms with Crippen molar-refractivity contribution in [3.63, 3.8) is 0 Å². The van der Waals surface area contributed by atoms with Crippen LogP contribution in [0.15, 0.2) is 0 Å². The molecular formula is C6H12NO2. The first-order chi connectivity index (χ1) is 4.31. The van der Waals surface area contributed by atoms with Crippen LogP contribution in [-0.4, -0.2) is 13.1 Å². The van der Waals surface area contributed by atoms with Crippen molar-refractivity contribution in [2.24, 2.45) is 0 Å². The molecule has 0 heterocycles. The molecule has 0 aromatic carbocycles. The maximum absolute atomic E-state index is 10.3. The van der Waals surface area contributed by atoms with Crippen LogP contribution in [-0.2, 0) is 4.74 Å². The maximum Gasteiger partial charge on any atom is 0.407 e. The van der Waals surface area contributed by atoms with Crippen molar-refractivity contribution in [2.75, 3.05) is 7.05 Å². The minimum Gasteiger partial charge on any atom is -0.442 e. The van der Waals surface area contributed by atoms with E-state index in [9.17, 15) is 4.79 Å². The Morgan fingerprint density at radius 1 is 1.78 bits per heavy atom. The summed E-state index contributed by atoms with van der Waals surface area (Å²) in [5.74, 6) is 0. The standard InChI is InChI=1S/C6H12NO2/c1-3-4-5-9-6(8)7-2/h5H,3-4H2,1-2H3,(H,7,8). The van der Waals surface area contributed by atoms with Crippen LogP contribution in [0.2, 0.25) is 0 Å². The summed E-state index contributed by atoms with van der Waals surface area (Å²) in [4.78, 5) is 10.3. The highest BCUT2D eigenvalue weighted by Gasteiger charge is 1.94. The van der Waals surface area contributed by atoms with Gasteiger partial charge in [0.15, 0.2) is 0 Å². The first-order valence-corrected chi connectivity index (χ1v) is 3.01. The van der Waals surface area contributed by atoms with Gasteiger partial charge in [-0.2, -0.15) is 0 Å². The summed E-state index contributed by atoms with van der Waals surface area (Å²) in [5.41, 5.74) is 0. The van der Waals surface area contributed by atoms with E-state index in [0.717, 1.165) is 12.8 Å². The number of rotatable bonds is 3. The molecule has 0 aliphatic rings. The molecule has 0 aliphatic heterocycles. The van der Waals surface area contributed by atoms with Gasteiger partial charge in [-0.3, -0.25) is 0 Å². The fourth-order valence-electron chi connectivity index (χ4n) is 0.311. The van der Waals surface area contributed by atoms with E-state index in [4.69, 9.17) is 0 Å². The highest BCUT2D eigenvalue weighted by Crippen LogP contribution is 1.92. The minimum absolute atomic E-state index is 0.400. The van der Waals surface area contributed by atoms with Gasteiger partial charge >= 0.3 is 6.09 Å². The third kappa shape index (κ3) is 5.14. The van der Waals surface area contributed by atoms with E-state index in [0.29, 0.717) is 0 Å². The van der Waals surface area contributed by atoms with Crippen molar-refractivity contribution in [3.8, 4) is 0 Å². The number of nitrogens with one attached hydrogen (secondary N) is 1. The average molecular weight is 130 g/mol. The first kappa shape index (κ1) is 8.27. The second kappa shape index (κ2) is 5.41. The van der Waals surface area contributed by atoms with Gasteiger partial charge in [0, 0.05) is 7.05 Å². The molecule has 0 spiro atoms. The van der Waals surface area contributed by atoms with Gasteiger partial charge in [0.25, 0.3) is 0 Å². The van der Waals surface area contributed by atoms with E-state index >= 15 is 0 Å². The third-order valence-corrected chi connectivity index (χ3v) is 0.801. The molecule has 1 N–H and O–H groups in total. The van der Waals surface area contributed by atoms with Crippen LogP contribution in [0, 0.1) is 6.61 Å². The van der Waals surface area contributed by atoms with Gasteiger partial charge < -0.3 is 10.1 Å². The molecule has 3 nitrogen and oxygen atoms in total. The highest BCUT2D eigenvalue weighted by molar-refractivity contribution is 5.66. The largest absolute Gasteiger partial charge is 0.442 e. The minimum atomic E-state index is -0.400. The highest BCUT2D eigenvalue weighted by atomic mass is 16.5. The molecule has 0 aliphatic carbocycles. The predicted molar refractivity (Wildman–Crippen MR) is 34.7 cm³/mol. The second-order valence-electron chi connectivity index (χ2n) is 1.61. The Hall–Kier alpha value is -0.730. The topological polar surface area (TPSA) is 38.3 Å². The number of hydrogen-bond acceptors (Lipinski definition) is 2. The number of unbranched alkanes of at least 4 members (excludes halogenated alkanes) is 1. The Morgan fingerprint density at radius 2 is 2.44 bits per heavy atom. The molecule has 3 heteroatoms. The molecule has 0 aromatic rings. The Balaban J connectivity index is 2.97. The van der Waals surface area contributed by atoms with Crippen LogP contribution >= 0.6 is 0 Å². The smallest absolute Gasteiger partial charge is 0.407 e. The number of carbonyl (C=O) groups is 1. The number of amides is 1. The molecule has 9 heavy (non-hydrogen) atoms. The maximum atomic E-state index is 10.3. The van der Waals surface area contributed by atoms with Crippen molar-refractivity contribution in [3.05, 3.63) is 6.61 Å². The van der Waals surface area contributed by atoms with E-state index in [2.05, 4.69) is 10.1 Å². The predicted octanol–water partition coefficient (Wildman–Crippen LogP) is 1.30. The van der Waals surface area contributed by atoms with Gasteiger partial charge in [-0.1, -0.05) is 13.3 Å². The van der Waals surface area contributed by atoms with Crippen molar-refractivity contribution < 1.29 is 9.53 Å². The lowest BCUT2D eigenvalue weighted by Gasteiger charge is -1.99. The quantitative estimate of drug-likeness (QED) is 0.585. The second-order valence-corrected chi connectivity index (χ2v) is 1.61. The molecule has 0 rings (SSSR count). The van der Waals surface area contributed by atoms with Gasteiger partial charge in [-0.05, 0) is 6.42 Å². The SMILES string of the molecule is CCC[CH]OC(=O)NC. The van der Waals surface area contributed by atoms with Gasteiger partial charge in [0.05, 0.1) is 0 Å². The molecule has 0 atom stereocenters. The van der Waals surface area contributed by atoms with E-state index in [1.807, 2.05) is 6.92 Å². The molecule has 1 amide bonds. The van der Waals surface area contributed by atoms with Gasteiger partial charge in [-0.15, -0.1) is 0 Å². The fraction of sp³-hybridized carbons (Fsp3) is 0.667. The Morgan fingerprint density at radius 3 is 2.89 bits per heavy atom. The zero-order chi connectivity index (χ0) is 7.11. The monoisotopic (exact) mass is 130 g/mol. The fourth-order valence-corrected chi connectivity index (χ4v) is 0.311. The summed E-state index contributed by atoms with van der Waals surface area (Å²) < 4.78 is 4.56. The lowest BCUT2D eigenvalue weighted by molar-refractivity contribution is 0.171. The Kier molecular flexibility index (Phi) is 4.97. The summed E-state index contributed by atoms with van der Waals surface area (Å²) in [6.07, 6.45) is 1.41. The molecule has 53 valence electrons. The molecule has 0 saturated carbocycles. The van der Waals surface area contributed by atoms with Gasteiger partial charge in [0.1, 0.15) is 6.61 Å². The summed E-state index contributed by atoms with van der Waals surface area (Å²) in [6.45, 7) is 3.52. The summed E-state index contributed by atoms with van der Waals surface area (Å²) in [7, 11) is 1.53. The summed E-state index contributed by atoms with van der Waals surface area (Å²) in [5, 5.41) is 2.33. The van der Waals surface area contributed by atoms with Crippen molar-refractivity contribution in [2.45, 2.75) is 19.8 Å². The Bertz CT molecular complexity index is 83.1. The zero-order valence-corrected chi connectivity index (χ0v) is 5.81. The van der Waals surface area contributed by atoms with Crippen LogP contribution in [0.4, 0.5) is 4.79 Å². The van der Waals surface area contributed by atoms with E-state index < -0.39 is 6.09 Å². The van der Waals surface area contributed by atoms with Crippen LogP contribution in [0.3, 0.4) is 0 Å². The zero-order valence-electron chi connectivity index (χ0n) is 5.81. The average Bonchev–Trinajstić information content (AvgIpc) is 1.89. The molecule has 1 radical (unpaired) electrons. The third-order valence-electron chi connectivity index (χ3n) is 0.801. The van der Waals surface area contributed by atoms with Crippen molar-refractivity contribution in [1.29, 1.82) is 0 Å². The van der Waals surface area contributed by atoms with Crippen LogP contribution in [0.25, 0.3) is 0 Å². The van der Waals surface area contributed by atoms with Crippen LogP contribution in [0.5, 0.6) is 0 Å². The number of carbonyl (C=O) groups excluding carboxylic acids is 1. The van der Waals surface area contributed by atoms with Gasteiger partial charge in [0.2, 0.25) is 0 Å². The lowest BCUT2D eigenvalue weighted by atomic mass is 10.4. The summed E-state index contributed by atoms with van der Waals surface area (Å²) >= 11 is 0. The molecule has 0 aromatic heterocycles. The Labute approximate surface area is 55.4 Å². The number of hydrogen-bond donors (Lipinski definition) is 1. The van der Waals surface area contributed by atoms with E-state index in [1.54, 1.807) is 0 Å². The van der Waals surface area contributed by atoms with E-state index in [-0.39, 0.29) is 0 Å². The van der Waals surface area contributed by atoms with Crippen LogP contribution < -0.4 is 5.32 Å². The number of alkyl carbamates (subject to hydrolysis) is 1. The molecule has 0 fully saturated rings. The van der Waals surface area contributed by atoms with E-state index in [1.165, 1.54) is 13.7 Å². The lowest BCUT2D eigenvalue weighted by Crippen LogP contribution is -2.17. The normalized spacial score (nSPS) is 8.67. The van der Waals surface area contributed by atoms with Crippen molar-refractivity contribution in [1.82, 2.24) is 5.32 Å². The molecule has 0 saturated heterocycles. The van der Waals surface area contributed by atoms with Gasteiger partial charge in [-0.25, -0.2) is 4.79 Å².